The van der Waals surface area contributed by atoms with Crippen molar-refractivity contribution < 1.29 is 33.0 Å². The van der Waals surface area contributed by atoms with Gasteiger partial charge < -0.3 is 24.3 Å². The van der Waals surface area contributed by atoms with E-state index in [-0.39, 0.29) is 60.1 Å². The molecule has 0 aliphatic rings. The summed E-state index contributed by atoms with van der Waals surface area (Å²) in [5.74, 6) is -2.24. The molecule has 0 radical (unpaired) electrons. The number of hydrogen-bond donors (Lipinski definition) is 1. The number of halogens is 2. The minimum absolute atomic E-state index is 0.0647. The molecule has 11 heteroatoms. The van der Waals surface area contributed by atoms with E-state index in [0.29, 0.717) is 22.0 Å². The summed E-state index contributed by atoms with van der Waals surface area (Å²) in [6.45, 7) is 4.61. The first-order valence-corrected chi connectivity index (χ1v) is 12.6. The quantitative estimate of drug-likeness (QED) is 0.280. The van der Waals surface area contributed by atoms with Gasteiger partial charge in [0.25, 0.3) is 0 Å². The number of fused-ring (bicyclic) bond motifs is 1. The maximum absolute atomic E-state index is 14.6. The van der Waals surface area contributed by atoms with E-state index in [0.717, 1.165) is 0 Å². The van der Waals surface area contributed by atoms with Gasteiger partial charge in [0.05, 0.1) is 30.8 Å². The normalized spacial score (nSPS) is 11.1. The summed E-state index contributed by atoms with van der Waals surface area (Å²) in [6, 6.07) is 7.59. The number of benzene rings is 2. The molecule has 2 aromatic carbocycles. The molecule has 39 heavy (non-hydrogen) atoms. The van der Waals surface area contributed by atoms with Gasteiger partial charge in [-0.2, -0.15) is 0 Å². The highest BCUT2D eigenvalue weighted by molar-refractivity contribution is 6.31. The number of aromatic nitrogens is 1. The fourth-order valence-electron chi connectivity index (χ4n) is 4.19. The van der Waals surface area contributed by atoms with Crippen molar-refractivity contribution in [1.82, 2.24) is 14.8 Å². The summed E-state index contributed by atoms with van der Waals surface area (Å²) in [4.78, 5) is 51.6. The molecule has 3 rings (SSSR count). The Balaban J connectivity index is 1.75. The van der Waals surface area contributed by atoms with Crippen molar-refractivity contribution in [3.8, 4) is 0 Å². The number of carbonyl (C=O) groups is 4. The average Bonchev–Trinajstić information content (AvgIpc) is 3.26. The Morgan fingerprint density at radius 3 is 2.41 bits per heavy atom. The van der Waals surface area contributed by atoms with E-state index >= 15 is 0 Å². The Morgan fingerprint density at radius 1 is 1.10 bits per heavy atom. The first-order chi connectivity index (χ1) is 18.5. The molecule has 208 valence electrons. The van der Waals surface area contributed by atoms with Crippen molar-refractivity contribution in [3.05, 3.63) is 69.6 Å². The maximum atomic E-state index is 14.6. The summed E-state index contributed by atoms with van der Waals surface area (Å²) in [5.41, 5.74) is 1.92. The zero-order valence-electron chi connectivity index (χ0n) is 22.5. The Kier molecular flexibility index (Phi) is 9.82. The Labute approximate surface area is 230 Å². The molecular formula is C28H31ClFN3O6. The summed E-state index contributed by atoms with van der Waals surface area (Å²) in [5, 5.41) is 3.09. The van der Waals surface area contributed by atoms with Crippen molar-refractivity contribution in [3.63, 3.8) is 0 Å². The van der Waals surface area contributed by atoms with Crippen molar-refractivity contribution in [1.29, 1.82) is 0 Å². The number of esters is 1. The molecule has 0 aliphatic heterocycles. The number of nitrogens with zero attached hydrogens (tertiary/aromatic N) is 2. The number of rotatable bonds is 11. The Hall–Kier alpha value is -3.76. The molecule has 0 saturated carbocycles. The third-order valence-corrected chi connectivity index (χ3v) is 6.67. The van der Waals surface area contributed by atoms with Crippen LogP contribution in [-0.4, -0.2) is 59.8 Å². The molecule has 0 unspecified atom stereocenters. The molecule has 2 amide bonds. The lowest BCUT2D eigenvalue weighted by atomic mass is 10.1. The van der Waals surface area contributed by atoms with Crippen molar-refractivity contribution in [2.75, 3.05) is 20.8 Å². The topological polar surface area (TPSA) is 107 Å². The third kappa shape index (κ3) is 6.82. The zero-order chi connectivity index (χ0) is 28.9. The van der Waals surface area contributed by atoms with Crippen LogP contribution in [0.2, 0.25) is 5.02 Å². The van der Waals surface area contributed by atoms with Gasteiger partial charge in [0, 0.05) is 47.9 Å². The molecule has 0 fully saturated rings. The number of carbonyl (C=O) groups excluding carboxylic acids is 4. The van der Waals surface area contributed by atoms with Gasteiger partial charge in [-0.15, -0.1) is 0 Å². The highest BCUT2D eigenvalue weighted by Gasteiger charge is 2.23. The van der Waals surface area contributed by atoms with Crippen LogP contribution in [0, 0.1) is 5.82 Å². The predicted octanol–water partition coefficient (Wildman–Crippen LogP) is 4.12. The van der Waals surface area contributed by atoms with Crippen LogP contribution in [0.3, 0.4) is 0 Å². The number of ether oxygens (including phenoxy) is 2. The zero-order valence-corrected chi connectivity index (χ0v) is 23.2. The van der Waals surface area contributed by atoms with Crippen molar-refractivity contribution >= 4 is 46.1 Å². The van der Waals surface area contributed by atoms with Crippen LogP contribution in [-0.2, 0) is 38.8 Å². The lowest BCUT2D eigenvalue weighted by Crippen LogP contribution is -2.45. The molecule has 0 saturated heterocycles. The van der Waals surface area contributed by atoms with Crippen LogP contribution in [0.5, 0.6) is 0 Å². The first-order valence-electron chi connectivity index (χ1n) is 12.2. The lowest BCUT2D eigenvalue weighted by Gasteiger charge is -2.26. The maximum Gasteiger partial charge on any atom is 0.337 e. The lowest BCUT2D eigenvalue weighted by molar-refractivity contribution is -0.138. The molecule has 1 N–H and O–H groups in total. The predicted molar refractivity (Wildman–Crippen MR) is 144 cm³/mol. The van der Waals surface area contributed by atoms with Gasteiger partial charge in [-0.3, -0.25) is 14.4 Å². The minimum atomic E-state index is -0.639. The van der Waals surface area contributed by atoms with Gasteiger partial charge in [0.15, 0.2) is 5.78 Å². The van der Waals surface area contributed by atoms with Gasteiger partial charge in [0.2, 0.25) is 11.8 Å². The number of Topliss-reactive ketones (excluding diaryl/α,β-unsaturated/α-hetero) is 1. The number of hydrogen-bond acceptors (Lipinski definition) is 6. The number of nitrogens with one attached hydrogen (secondary N) is 1. The largest absolute Gasteiger partial charge is 0.465 e. The molecule has 9 nitrogen and oxygen atoms in total. The fourth-order valence-corrected chi connectivity index (χ4v) is 4.42. The second-order valence-electron chi connectivity index (χ2n) is 9.29. The second kappa shape index (κ2) is 12.9. The number of amides is 2. The van der Waals surface area contributed by atoms with E-state index < -0.39 is 17.7 Å². The fraction of sp³-hybridized carbons (Fsp3) is 0.357. The second-order valence-corrected chi connectivity index (χ2v) is 9.67. The molecule has 0 spiro atoms. The van der Waals surface area contributed by atoms with E-state index in [2.05, 4.69) is 5.32 Å². The van der Waals surface area contributed by atoms with Gasteiger partial charge in [-0.25, -0.2) is 9.18 Å². The van der Waals surface area contributed by atoms with E-state index in [4.69, 9.17) is 21.1 Å². The minimum Gasteiger partial charge on any atom is -0.465 e. The van der Waals surface area contributed by atoms with Crippen LogP contribution in [0.15, 0.2) is 36.5 Å². The van der Waals surface area contributed by atoms with E-state index in [1.807, 2.05) is 0 Å². The van der Waals surface area contributed by atoms with Crippen LogP contribution >= 0.6 is 11.6 Å². The third-order valence-electron chi connectivity index (χ3n) is 6.26. The smallest absolute Gasteiger partial charge is 0.337 e. The Bertz CT molecular complexity index is 1420. The van der Waals surface area contributed by atoms with Crippen LogP contribution in [0.4, 0.5) is 4.39 Å². The Morgan fingerprint density at radius 2 is 1.79 bits per heavy atom. The summed E-state index contributed by atoms with van der Waals surface area (Å²) < 4.78 is 26.0. The van der Waals surface area contributed by atoms with Crippen LogP contribution in [0.1, 0.15) is 52.6 Å². The molecule has 0 aliphatic carbocycles. The molecule has 0 atom stereocenters. The summed E-state index contributed by atoms with van der Waals surface area (Å²) in [6.07, 6.45) is 1.56. The van der Waals surface area contributed by atoms with Gasteiger partial charge in [0.1, 0.15) is 12.4 Å². The van der Waals surface area contributed by atoms with E-state index in [1.165, 1.54) is 32.1 Å². The van der Waals surface area contributed by atoms with E-state index in [9.17, 15) is 23.6 Å². The van der Waals surface area contributed by atoms with Crippen molar-refractivity contribution in [2.45, 2.75) is 46.5 Å². The van der Waals surface area contributed by atoms with Crippen LogP contribution in [0.25, 0.3) is 10.9 Å². The van der Waals surface area contributed by atoms with Gasteiger partial charge in [-0.1, -0.05) is 23.7 Å². The van der Waals surface area contributed by atoms with Crippen molar-refractivity contribution in [2.24, 2.45) is 0 Å². The monoisotopic (exact) mass is 559 g/mol. The molecule has 3 aromatic rings. The van der Waals surface area contributed by atoms with Crippen LogP contribution < -0.4 is 5.32 Å². The average molecular weight is 560 g/mol. The molecule has 1 aromatic heterocycles. The SMILES string of the molecule is COCc1ccc(CNC(=O)CN(C(=O)Cn2cc(C(C)=O)c3cc(C(=O)OC)ccc32)C(C)C)c(F)c1Cl. The highest BCUT2D eigenvalue weighted by Crippen LogP contribution is 2.25. The standard InChI is InChI=1S/C28H31ClFN3O6/c1-16(2)33(13-24(35)31-11-19-6-7-20(15-38-4)26(29)27(19)30)25(36)14-32-12-22(17(3)34)21-10-18(28(37)39-5)8-9-23(21)32/h6-10,12,16H,11,13-15H2,1-5H3,(H,31,35). The summed E-state index contributed by atoms with van der Waals surface area (Å²) >= 11 is 6.06. The molecular weight excluding hydrogens is 529 g/mol. The van der Waals surface area contributed by atoms with Gasteiger partial charge in [-0.05, 0) is 44.5 Å². The molecule has 0 bridgehead atoms. The van der Waals surface area contributed by atoms with E-state index in [1.54, 1.807) is 48.9 Å². The summed E-state index contributed by atoms with van der Waals surface area (Å²) in [7, 11) is 2.75. The molecule has 1 heterocycles. The van der Waals surface area contributed by atoms with Gasteiger partial charge >= 0.3 is 5.97 Å². The number of ketones is 1. The first kappa shape index (κ1) is 29.8. The number of methoxy groups -OCH3 is 2. The highest BCUT2D eigenvalue weighted by atomic mass is 35.5.